The summed E-state index contributed by atoms with van der Waals surface area (Å²) in [5.41, 5.74) is 0.316. The average molecular weight is 338 g/mol. The summed E-state index contributed by atoms with van der Waals surface area (Å²) in [5.74, 6) is 0.0957. The van der Waals surface area contributed by atoms with Gasteiger partial charge in [-0.1, -0.05) is 11.6 Å². The molecule has 0 aliphatic carbocycles. The molecule has 0 amide bonds. The molecule has 8 heteroatoms. The molecule has 0 spiro atoms. The van der Waals surface area contributed by atoms with Crippen molar-refractivity contribution in [2.24, 2.45) is 0 Å². The van der Waals surface area contributed by atoms with Crippen LogP contribution >= 0.6 is 11.6 Å². The second-order valence-corrected chi connectivity index (χ2v) is 6.98. The van der Waals surface area contributed by atoms with E-state index < -0.39 is 10.0 Å². The molecule has 0 aliphatic heterocycles. The molecule has 0 heterocycles. The van der Waals surface area contributed by atoms with Gasteiger partial charge < -0.3 is 14.6 Å². The van der Waals surface area contributed by atoms with Gasteiger partial charge in [-0.05, 0) is 19.1 Å². The van der Waals surface area contributed by atoms with Crippen LogP contribution in [0.5, 0.6) is 5.75 Å². The quantitative estimate of drug-likeness (QED) is 0.816. The molecular weight excluding hydrogens is 318 g/mol. The van der Waals surface area contributed by atoms with Crippen molar-refractivity contribution in [3.63, 3.8) is 0 Å². The number of nitrogens with zero attached hydrogens (tertiary/aromatic N) is 1. The SMILES string of the molecule is COCC(C)N(C)S(=O)(=O)c1cc(Cl)cc(CO)c1OC. The highest BCUT2D eigenvalue weighted by Gasteiger charge is 2.30. The van der Waals surface area contributed by atoms with Crippen LogP contribution in [-0.2, 0) is 21.4 Å². The molecule has 1 aromatic rings. The van der Waals surface area contributed by atoms with Gasteiger partial charge in [-0.25, -0.2) is 8.42 Å². The first-order valence-electron chi connectivity index (χ1n) is 6.23. The third-order valence-electron chi connectivity index (χ3n) is 3.16. The van der Waals surface area contributed by atoms with Gasteiger partial charge in [0.05, 0.1) is 20.3 Å². The highest BCUT2D eigenvalue weighted by Crippen LogP contribution is 2.33. The van der Waals surface area contributed by atoms with E-state index in [-0.39, 0.29) is 34.9 Å². The fourth-order valence-electron chi connectivity index (χ4n) is 1.90. The lowest BCUT2D eigenvalue weighted by molar-refractivity contribution is 0.149. The van der Waals surface area contributed by atoms with Crippen molar-refractivity contribution >= 4 is 21.6 Å². The van der Waals surface area contributed by atoms with Crippen molar-refractivity contribution in [3.05, 3.63) is 22.7 Å². The molecule has 0 aromatic heterocycles. The maximum Gasteiger partial charge on any atom is 0.246 e. The summed E-state index contributed by atoms with van der Waals surface area (Å²) in [6, 6.07) is 2.42. The van der Waals surface area contributed by atoms with Crippen LogP contribution in [0.1, 0.15) is 12.5 Å². The number of sulfonamides is 1. The molecule has 0 aliphatic rings. The molecule has 0 saturated heterocycles. The second kappa shape index (κ2) is 7.42. The monoisotopic (exact) mass is 337 g/mol. The molecule has 1 N–H and O–H groups in total. The van der Waals surface area contributed by atoms with Crippen LogP contribution in [0.4, 0.5) is 0 Å². The number of hydrogen-bond donors (Lipinski definition) is 1. The molecule has 0 radical (unpaired) electrons. The van der Waals surface area contributed by atoms with Gasteiger partial charge in [0.1, 0.15) is 10.6 Å². The van der Waals surface area contributed by atoms with E-state index in [1.54, 1.807) is 6.92 Å². The molecule has 0 fully saturated rings. The first kappa shape index (κ1) is 18.2. The Kier molecular flexibility index (Phi) is 6.42. The van der Waals surface area contributed by atoms with Gasteiger partial charge in [-0.3, -0.25) is 0 Å². The summed E-state index contributed by atoms with van der Waals surface area (Å²) in [6.07, 6.45) is 0. The summed E-state index contributed by atoms with van der Waals surface area (Å²) < 4.78 is 36.7. The minimum atomic E-state index is -3.83. The number of likely N-dealkylation sites (N-methyl/N-ethyl adjacent to an activating group) is 1. The van der Waals surface area contributed by atoms with Crippen molar-refractivity contribution in [3.8, 4) is 5.75 Å². The second-order valence-electron chi connectivity index (χ2n) is 4.58. The van der Waals surface area contributed by atoms with Crippen LogP contribution in [0.25, 0.3) is 0 Å². The number of aliphatic hydroxyl groups is 1. The summed E-state index contributed by atoms with van der Waals surface area (Å²) in [7, 11) is 0.479. The minimum Gasteiger partial charge on any atom is -0.495 e. The van der Waals surface area contributed by atoms with Gasteiger partial charge in [-0.2, -0.15) is 4.31 Å². The van der Waals surface area contributed by atoms with E-state index in [0.29, 0.717) is 5.56 Å². The fourth-order valence-corrected chi connectivity index (χ4v) is 3.78. The van der Waals surface area contributed by atoms with Gasteiger partial charge in [0.25, 0.3) is 0 Å². The normalized spacial score (nSPS) is 13.5. The Hall–Kier alpha value is -0.860. The Bertz CT molecular complexity index is 590. The average Bonchev–Trinajstić information content (AvgIpc) is 2.45. The Morgan fingerprint density at radius 1 is 1.38 bits per heavy atom. The van der Waals surface area contributed by atoms with Crippen LogP contribution in [-0.4, -0.2) is 51.7 Å². The van der Waals surface area contributed by atoms with E-state index in [9.17, 15) is 13.5 Å². The van der Waals surface area contributed by atoms with Gasteiger partial charge in [-0.15, -0.1) is 0 Å². The third-order valence-corrected chi connectivity index (χ3v) is 5.35. The summed E-state index contributed by atoms with van der Waals surface area (Å²) in [4.78, 5) is -0.0768. The van der Waals surface area contributed by atoms with Crippen molar-refractivity contribution in [1.82, 2.24) is 4.31 Å². The van der Waals surface area contributed by atoms with Crippen molar-refractivity contribution in [2.45, 2.75) is 24.5 Å². The van der Waals surface area contributed by atoms with Gasteiger partial charge in [0.15, 0.2) is 0 Å². The molecule has 21 heavy (non-hydrogen) atoms. The molecule has 6 nitrogen and oxygen atoms in total. The number of hydrogen-bond acceptors (Lipinski definition) is 5. The largest absolute Gasteiger partial charge is 0.495 e. The number of rotatable bonds is 7. The topological polar surface area (TPSA) is 76.1 Å². The third kappa shape index (κ3) is 3.87. The lowest BCUT2D eigenvalue weighted by Gasteiger charge is -2.25. The standard InChI is InChI=1S/C13H20ClNO5S/c1-9(8-19-3)15(2)21(17,18)12-6-11(14)5-10(7-16)13(12)20-4/h5-6,9,16H,7-8H2,1-4H3. The minimum absolute atomic E-state index is 0.0768. The number of ether oxygens (including phenoxy) is 2. The van der Waals surface area contributed by atoms with Crippen molar-refractivity contribution in [2.75, 3.05) is 27.9 Å². The summed E-state index contributed by atoms with van der Waals surface area (Å²) in [5, 5.41) is 9.54. The summed E-state index contributed by atoms with van der Waals surface area (Å²) >= 11 is 5.93. The lowest BCUT2D eigenvalue weighted by Crippen LogP contribution is -2.38. The molecule has 1 atom stereocenters. The maximum absolute atomic E-state index is 12.7. The van der Waals surface area contributed by atoms with Crippen LogP contribution in [0.3, 0.4) is 0 Å². The zero-order chi connectivity index (χ0) is 16.2. The maximum atomic E-state index is 12.7. The molecule has 0 saturated carbocycles. The first-order valence-corrected chi connectivity index (χ1v) is 8.05. The Morgan fingerprint density at radius 2 is 2.00 bits per heavy atom. The predicted molar refractivity (Wildman–Crippen MR) is 80.2 cm³/mol. The van der Waals surface area contributed by atoms with E-state index in [2.05, 4.69) is 0 Å². The Morgan fingerprint density at radius 3 is 2.48 bits per heavy atom. The lowest BCUT2D eigenvalue weighted by atomic mass is 10.2. The zero-order valence-electron chi connectivity index (χ0n) is 12.5. The van der Waals surface area contributed by atoms with E-state index in [0.717, 1.165) is 0 Å². The predicted octanol–water partition coefficient (Wildman–Crippen LogP) is 1.50. The molecule has 1 rings (SSSR count). The van der Waals surface area contributed by atoms with E-state index in [1.807, 2.05) is 0 Å². The highest BCUT2D eigenvalue weighted by atomic mass is 35.5. The van der Waals surface area contributed by atoms with E-state index in [4.69, 9.17) is 21.1 Å². The van der Waals surface area contributed by atoms with Gasteiger partial charge in [0.2, 0.25) is 10.0 Å². The molecule has 0 bridgehead atoms. The van der Waals surface area contributed by atoms with Gasteiger partial charge in [0, 0.05) is 30.8 Å². The van der Waals surface area contributed by atoms with E-state index >= 15 is 0 Å². The molecule has 1 unspecified atom stereocenters. The van der Waals surface area contributed by atoms with Crippen molar-refractivity contribution in [1.29, 1.82) is 0 Å². The smallest absolute Gasteiger partial charge is 0.246 e. The van der Waals surface area contributed by atoms with Gasteiger partial charge >= 0.3 is 0 Å². The number of halogens is 1. The zero-order valence-corrected chi connectivity index (χ0v) is 14.0. The van der Waals surface area contributed by atoms with Crippen LogP contribution < -0.4 is 4.74 Å². The van der Waals surface area contributed by atoms with Crippen LogP contribution in [0.2, 0.25) is 5.02 Å². The van der Waals surface area contributed by atoms with Crippen LogP contribution in [0, 0.1) is 0 Å². The van der Waals surface area contributed by atoms with Crippen molar-refractivity contribution < 1.29 is 23.0 Å². The number of methoxy groups -OCH3 is 2. The first-order chi connectivity index (χ1) is 9.79. The number of benzene rings is 1. The highest BCUT2D eigenvalue weighted by molar-refractivity contribution is 7.89. The van der Waals surface area contributed by atoms with Crippen LogP contribution in [0.15, 0.2) is 17.0 Å². The fraction of sp³-hybridized carbons (Fsp3) is 0.538. The number of aliphatic hydroxyl groups excluding tert-OH is 1. The summed E-state index contributed by atoms with van der Waals surface area (Å²) in [6.45, 7) is 1.61. The molecule has 120 valence electrons. The molecule has 1 aromatic carbocycles. The Balaban J connectivity index is 3.40. The Labute approximate surface area is 130 Å². The van der Waals surface area contributed by atoms with E-state index in [1.165, 1.54) is 37.7 Å². The molecular formula is C13H20ClNO5S.